The molecule has 1 aliphatic rings. The number of hydrogen-bond donors (Lipinski definition) is 0. The molecule has 4 aromatic heterocycles. The Kier molecular flexibility index (Phi) is 6.20. The Labute approximate surface area is 304 Å². The molecule has 6 heteroatoms. The first-order valence-electron chi connectivity index (χ1n) is 17.8. The molecule has 250 valence electrons. The Hall–Kier alpha value is -6.92. The first-order valence-corrected chi connectivity index (χ1v) is 17.8. The second-order valence-corrected chi connectivity index (χ2v) is 14.3. The van der Waals surface area contributed by atoms with Crippen LogP contribution in [0.3, 0.4) is 0 Å². The fraction of sp³-hybridized carbons (Fsp3) is 0.0638. The third kappa shape index (κ3) is 4.45. The summed E-state index contributed by atoms with van der Waals surface area (Å²) in [5.41, 5.74) is 14.1. The maximum atomic E-state index is 6.25. The van der Waals surface area contributed by atoms with Gasteiger partial charge in [-0.15, -0.1) is 0 Å². The van der Waals surface area contributed by atoms with Gasteiger partial charge in [0.2, 0.25) is 0 Å². The first kappa shape index (κ1) is 29.8. The lowest BCUT2D eigenvalue weighted by molar-refractivity contribution is 0.661. The molecular formula is C47H30N4O2. The summed E-state index contributed by atoms with van der Waals surface area (Å²) >= 11 is 0. The number of benzene rings is 6. The zero-order valence-corrected chi connectivity index (χ0v) is 29.0. The quantitative estimate of drug-likeness (QED) is 0.184. The summed E-state index contributed by atoms with van der Waals surface area (Å²) in [6.45, 7) is 4.60. The van der Waals surface area contributed by atoms with E-state index in [0.717, 1.165) is 77.3 Å². The molecule has 4 heterocycles. The molecule has 0 fully saturated rings. The highest BCUT2D eigenvalue weighted by Crippen LogP contribution is 2.50. The lowest BCUT2D eigenvalue weighted by Crippen LogP contribution is -2.15. The van der Waals surface area contributed by atoms with Crippen LogP contribution in [0, 0.1) is 0 Å². The topological polar surface area (TPSA) is 77.8 Å². The molecule has 53 heavy (non-hydrogen) atoms. The van der Waals surface area contributed by atoms with E-state index in [0.29, 0.717) is 11.6 Å². The molecule has 1 aliphatic carbocycles. The fourth-order valence-corrected chi connectivity index (χ4v) is 8.18. The summed E-state index contributed by atoms with van der Waals surface area (Å²) < 4.78 is 12.5. The maximum absolute atomic E-state index is 6.25. The Balaban J connectivity index is 0.898. The second-order valence-electron chi connectivity index (χ2n) is 14.3. The Morgan fingerprint density at radius 2 is 0.811 bits per heavy atom. The highest BCUT2D eigenvalue weighted by molar-refractivity contribution is 6.10. The molecule has 0 spiro atoms. The van der Waals surface area contributed by atoms with Crippen molar-refractivity contribution >= 4 is 43.9 Å². The molecule has 0 saturated heterocycles. The predicted molar refractivity (Wildman–Crippen MR) is 211 cm³/mol. The van der Waals surface area contributed by atoms with E-state index in [9.17, 15) is 0 Å². The highest BCUT2D eigenvalue weighted by atomic mass is 16.3. The summed E-state index contributed by atoms with van der Waals surface area (Å²) in [5, 5.41) is 4.31. The van der Waals surface area contributed by atoms with E-state index in [1.807, 2.05) is 85.5 Å². The van der Waals surface area contributed by atoms with Crippen molar-refractivity contribution in [2.45, 2.75) is 19.3 Å². The van der Waals surface area contributed by atoms with Gasteiger partial charge in [0.1, 0.15) is 22.3 Å². The predicted octanol–water partition coefficient (Wildman–Crippen LogP) is 12.0. The minimum absolute atomic E-state index is 0.216. The van der Waals surface area contributed by atoms with Gasteiger partial charge in [-0.25, -0.2) is 19.9 Å². The van der Waals surface area contributed by atoms with Gasteiger partial charge >= 0.3 is 0 Å². The van der Waals surface area contributed by atoms with Gasteiger partial charge in [-0.1, -0.05) is 98.8 Å². The van der Waals surface area contributed by atoms with Crippen LogP contribution >= 0.6 is 0 Å². The van der Waals surface area contributed by atoms with Crippen LogP contribution in [0.4, 0.5) is 0 Å². The zero-order valence-electron chi connectivity index (χ0n) is 29.0. The number of hydrogen-bond acceptors (Lipinski definition) is 6. The Morgan fingerprint density at radius 1 is 0.396 bits per heavy atom. The van der Waals surface area contributed by atoms with Gasteiger partial charge in [0, 0.05) is 62.9 Å². The molecule has 0 unspecified atom stereocenters. The maximum Gasteiger partial charge on any atom is 0.162 e. The van der Waals surface area contributed by atoms with Gasteiger partial charge in [0.15, 0.2) is 11.6 Å². The number of fused-ring (bicyclic) bond motifs is 9. The molecule has 0 bridgehead atoms. The van der Waals surface area contributed by atoms with Crippen molar-refractivity contribution in [2.24, 2.45) is 0 Å². The fourth-order valence-electron chi connectivity index (χ4n) is 8.18. The summed E-state index contributed by atoms with van der Waals surface area (Å²) in [5.74, 6) is 1.28. The van der Waals surface area contributed by atoms with E-state index in [1.165, 1.54) is 22.3 Å². The lowest BCUT2D eigenvalue weighted by atomic mass is 9.81. The van der Waals surface area contributed by atoms with Gasteiger partial charge in [-0.3, -0.25) is 0 Å². The van der Waals surface area contributed by atoms with Crippen molar-refractivity contribution < 1.29 is 8.83 Å². The third-order valence-electron chi connectivity index (χ3n) is 10.9. The van der Waals surface area contributed by atoms with Gasteiger partial charge in [0.25, 0.3) is 0 Å². The Bertz CT molecular complexity index is 2870. The van der Waals surface area contributed by atoms with Crippen LogP contribution in [0.2, 0.25) is 0 Å². The first-order chi connectivity index (χ1) is 26.0. The zero-order chi connectivity index (χ0) is 35.3. The van der Waals surface area contributed by atoms with Crippen LogP contribution in [-0.2, 0) is 5.41 Å². The minimum atomic E-state index is -0.216. The number of aromatic nitrogens is 4. The van der Waals surface area contributed by atoms with Crippen LogP contribution in [0.25, 0.3) is 100 Å². The second kappa shape index (κ2) is 11.0. The SMILES string of the molecule is CC1(C)c2cc(-c3cnc(-c4cccc5c4oc4ccccc45)nc3)ccc2-c2ccc(-c3cnc(-c4cccc5c4oc4ccccc45)nc3)cc21. The minimum Gasteiger partial charge on any atom is -0.455 e. The molecule has 0 radical (unpaired) electrons. The molecule has 0 saturated carbocycles. The molecule has 10 aromatic rings. The number of para-hydroxylation sites is 4. The summed E-state index contributed by atoms with van der Waals surface area (Å²) in [4.78, 5) is 19.3. The van der Waals surface area contributed by atoms with Crippen LogP contribution in [0.5, 0.6) is 0 Å². The molecule has 0 N–H and O–H groups in total. The van der Waals surface area contributed by atoms with Crippen LogP contribution < -0.4 is 0 Å². The average Bonchev–Trinajstić information content (AvgIpc) is 3.86. The smallest absolute Gasteiger partial charge is 0.162 e. The van der Waals surface area contributed by atoms with Gasteiger partial charge in [-0.2, -0.15) is 0 Å². The van der Waals surface area contributed by atoms with Crippen molar-refractivity contribution in [1.29, 1.82) is 0 Å². The van der Waals surface area contributed by atoms with Gasteiger partial charge < -0.3 is 8.83 Å². The Morgan fingerprint density at radius 3 is 1.26 bits per heavy atom. The largest absolute Gasteiger partial charge is 0.455 e. The van der Waals surface area contributed by atoms with Gasteiger partial charge in [-0.05, 0) is 69.8 Å². The van der Waals surface area contributed by atoms with Gasteiger partial charge in [0.05, 0.1) is 11.1 Å². The van der Waals surface area contributed by atoms with Crippen molar-refractivity contribution in [3.05, 3.63) is 157 Å². The summed E-state index contributed by atoms with van der Waals surface area (Å²) in [6.07, 6.45) is 7.66. The van der Waals surface area contributed by atoms with E-state index in [1.54, 1.807) is 0 Å². The molecular weight excluding hydrogens is 653 g/mol. The van der Waals surface area contributed by atoms with E-state index in [-0.39, 0.29) is 5.41 Å². The molecule has 0 atom stereocenters. The van der Waals surface area contributed by atoms with Crippen molar-refractivity contribution in [3.63, 3.8) is 0 Å². The van der Waals surface area contributed by atoms with Crippen LogP contribution in [0.15, 0.2) is 155 Å². The van der Waals surface area contributed by atoms with E-state index < -0.39 is 0 Å². The lowest BCUT2D eigenvalue weighted by Gasteiger charge is -2.22. The molecule has 0 aliphatic heterocycles. The van der Waals surface area contributed by atoms with Crippen molar-refractivity contribution in [1.82, 2.24) is 19.9 Å². The standard InChI is InChI=1S/C47H30N4O2/c1-47(2)39-21-27(29-23-48-45(49-24-29)37-13-7-11-35-33-9-3-5-15-41(33)52-43(35)37)17-19-31(39)32-20-18-28(22-40(32)47)30-25-50-46(51-26-30)38-14-8-12-36-34-10-4-6-16-42(34)53-44(36)38/h3-26H,1-2H3. The van der Waals surface area contributed by atoms with Crippen molar-refractivity contribution in [3.8, 4) is 56.2 Å². The van der Waals surface area contributed by atoms with Crippen molar-refractivity contribution in [2.75, 3.05) is 0 Å². The third-order valence-corrected chi connectivity index (χ3v) is 10.9. The summed E-state index contributed by atoms with van der Waals surface area (Å²) in [7, 11) is 0. The van der Waals surface area contributed by atoms with Crippen LogP contribution in [0.1, 0.15) is 25.0 Å². The normalized spacial score (nSPS) is 13.2. The molecule has 6 aromatic carbocycles. The molecule has 0 amide bonds. The number of nitrogens with zero attached hydrogens (tertiary/aromatic N) is 4. The number of rotatable bonds is 4. The van der Waals surface area contributed by atoms with E-state index in [2.05, 4.69) is 74.5 Å². The van der Waals surface area contributed by atoms with E-state index >= 15 is 0 Å². The monoisotopic (exact) mass is 682 g/mol. The van der Waals surface area contributed by atoms with E-state index in [4.69, 9.17) is 28.8 Å². The number of furan rings is 2. The summed E-state index contributed by atoms with van der Waals surface area (Å²) in [6, 6.07) is 41.9. The molecule has 6 nitrogen and oxygen atoms in total. The average molecular weight is 683 g/mol. The highest BCUT2D eigenvalue weighted by Gasteiger charge is 2.36. The molecule has 11 rings (SSSR count). The van der Waals surface area contributed by atoms with Crippen LogP contribution in [-0.4, -0.2) is 19.9 Å².